The zero-order valence-electron chi connectivity index (χ0n) is 22.8. The first-order valence-corrected chi connectivity index (χ1v) is 15.3. The van der Waals surface area contributed by atoms with Gasteiger partial charge in [0.15, 0.2) is 0 Å². The van der Waals surface area contributed by atoms with Gasteiger partial charge in [0.05, 0.1) is 19.1 Å². The number of carbonyl (C=O) groups is 2. The number of benzene rings is 2. The van der Waals surface area contributed by atoms with E-state index in [0.717, 1.165) is 31.2 Å². The van der Waals surface area contributed by atoms with E-state index in [4.69, 9.17) is 4.74 Å². The van der Waals surface area contributed by atoms with E-state index in [1.54, 1.807) is 36.3 Å². The van der Waals surface area contributed by atoms with Gasteiger partial charge in [-0.1, -0.05) is 56.5 Å². The van der Waals surface area contributed by atoms with Crippen molar-refractivity contribution in [1.82, 2.24) is 10.2 Å². The number of hydrogen-bond donors (Lipinski definition) is 1. The molecule has 2 aromatic rings. The molecule has 2 aromatic carbocycles. The summed E-state index contributed by atoms with van der Waals surface area (Å²) in [5, 5.41) is 3.18. The van der Waals surface area contributed by atoms with Crippen LogP contribution >= 0.6 is 0 Å². The normalized spacial score (nSPS) is 14.9. The van der Waals surface area contributed by atoms with Crippen LogP contribution in [0.25, 0.3) is 0 Å². The van der Waals surface area contributed by atoms with Crippen LogP contribution < -0.4 is 14.4 Å². The van der Waals surface area contributed by atoms with E-state index < -0.39 is 16.1 Å². The summed E-state index contributed by atoms with van der Waals surface area (Å²) in [5.74, 6) is 0.374. The third kappa shape index (κ3) is 8.48. The first kappa shape index (κ1) is 29.5. The Morgan fingerprint density at radius 1 is 1.05 bits per heavy atom. The van der Waals surface area contributed by atoms with Crippen LogP contribution in [0.15, 0.2) is 54.6 Å². The fourth-order valence-corrected chi connectivity index (χ4v) is 5.99. The number of amides is 2. The van der Waals surface area contributed by atoms with E-state index in [0.29, 0.717) is 24.3 Å². The highest BCUT2D eigenvalue weighted by molar-refractivity contribution is 7.92. The number of para-hydroxylation sites is 1. The van der Waals surface area contributed by atoms with Crippen molar-refractivity contribution in [3.63, 3.8) is 0 Å². The van der Waals surface area contributed by atoms with Crippen LogP contribution in [0, 0.1) is 0 Å². The predicted octanol–water partition coefficient (Wildman–Crippen LogP) is 4.50. The maximum absolute atomic E-state index is 13.6. The van der Waals surface area contributed by atoms with Crippen LogP contribution in [0.2, 0.25) is 0 Å². The van der Waals surface area contributed by atoms with Crippen LogP contribution in [0.1, 0.15) is 63.9 Å². The molecule has 9 heteroatoms. The molecule has 0 unspecified atom stereocenters. The molecule has 3 rings (SSSR count). The SMILES string of the molecule is CC[C@H](C(=O)NC1CCCCC1)N(Cc1cccc(OC)c1)C(=O)CCCN(c1ccccc1)S(C)(=O)=O. The van der Waals surface area contributed by atoms with E-state index in [1.807, 2.05) is 37.3 Å². The van der Waals surface area contributed by atoms with Crippen LogP contribution in [-0.2, 0) is 26.2 Å². The monoisotopic (exact) mass is 543 g/mol. The van der Waals surface area contributed by atoms with Crippen molar-refractivity contribution in [1.29, 1.82) is 0 Å². The quantitative estimate of drug-likeness (QED) is 0.401. The van der Waals surface area contributed by atoms with Crippen LogP contribution in [0.4, 0.5) is 5.69 Å². The highest BCUT2D eigenvalue weighted by atomic mass is 32.2. The summed E-state index contributed by atoms with van der Waals surface area (Å²) in [5.41, 5.74) is 1.43. The molecule has 0 spiro atoms. The van der Waals surface area contributed by atoms with Crippen molar-refractivity contribution in [2.24, 2.45) is 0 Å². The van der Waals surface area contributed by atoms with E-state index in [9.17, 15) is 18.0 Å². The molecule has 1 aliphatic carbocycles. The molecule has 0 aliphatic heterocycles. The molecular formula is C29H41N3O5S. The second-order valence-electron chi connectivity index (χ2n) is 9.91. The molecule has 1 aliphatic rings. The third-order valence-electron chi connectivity index (χ3n) is 7.02. The van der Waals surface area contributed by atoms with Crippen LogP contribution in [0.3, 0.4) is 0 Å². The lowest BCUT2D eigenvalue weighted by Gasteiger charge is -2.33. The lowest BCUT2D eigenvalue weighted by atomic mass is 9.95. The van der Waals surface area contributed by atoms with Gasteiger partial charge in [0.2, 0.25) is 21.8 Å². The number of methoxy groups -OCH3 is 1. The highest BCUT2D eigenvalue weighted by Gasteiger charge is 2.30. The molecule has 0 radical (unpaired) electrons. The average molecular weight is 544 g/mol. The van der Waals surface area contributed by atoms with Crippen LogP contribution in [-0.4, -0.2) is 57.1 Å². The lowest BCUT2D eigenvalue weighted by Crippen LogP contribution is -2.51. The summed E-state index contributed by atoms with van der Waals surface area (Å²) in [7, 11) is -1.92. The number of nitrogens with zero attached hydrogens (tertiary/aromatic N) is 2. The zero-order chi connectivity index (χ0) is 27.5. The Balaban J connectivity index is 1.76. The van der Waals surface area contributed by atoms with Gasteiger partial charge in [-0.25, -0.2) is 8.42 Å². The Labute approximate surface area is 227 Å². The number of nitrogens with one attached hydrogen (secondary N) is 1. The van der Waals surface area contributed by atoms with Gasteiger partial charge in [0, 0.05) is 25.6 Å². The average Bonchev–Trinajstić information content (AvgIpc) is 2.91. The van der Waals surface area contributed by atoms with Crippen molar-refractivity contribution in [2.45, 2.75) is 76.9 Å². The minimum absolute atomic E-state index is 0.121. The van der Waals surface area contributed by atoms with Crippen molar-refractivity contribution < 1.29 is 22.7 Å². The number of ether oxygens (including phenoxy) is 1. The third-order valence-corrected chi connectivity index (χ3v) is 8.21. The van der Waals surface area contributed by atoms with Gasteiger partial charge in [-0.3, -0.25) is 13.9 Å². The van der Waals surface area contributed by atoms with Gasteiger partial charge < -0.3 is 15.0 Å². The molecule has 0 aromatic heterocycles. The Kier molecular flexibility index (Phi) is 11.0. The zero-order valence-corrected chi connectivity index (χ0v) is 23.6. The molecular weight excluding hydrogens is 502 g/mol. The van der Waals surface area contributed by atoms with Crippen LogP contribution in [0.5, 0.6) is 5.75 Å². The first-order chi connectivity index (χ1) is 18.2. The summed E-state index contributed by atoms with van der Waals surface area (Å²) < 4.78 is 31.6. The number of anilines is 1. The van der Waals surface area contributed by atoms with Crippen molar-refractivity contribution in [3.8, 4) is 5.75 Å². The van der Waals surface area contributed by atoms with E-state index in [2.05, 4.69) is 5.32 Å². The molecule has 38 heavy (non-hydrogen) atoms. The number of hydrogen-bond acceptors (Lipinski definition) is 5. The Morgan fingerprint density at radius 2 is 1.76 bits per heavy atom. The largest absolute Gasteiger partial charge is 0.497 e. The Bertz CT molecular complexity index is 1150. The van der Waals surface area contributed by atoms with Gasteiger partial charge in [-0.15, -0.1) is 0 Å². The Morgan fingerprint density at radius 3 is 2.39 bits per heavy atom. The fraction of sp³-hybridized carbons (Fsp3) is 0.517. The van der Waals surface area contributed by atoms with E-state index >= 15 is 0 Å². The minimum atomic E-state index is -3.51. The lowest BCUT2D eigenvalue weighted by molar-refractivity contribution is -0.141. The predicted molar refractivity (Wildman–Crippen MR) is 151 cm³/mol. The topological polar surface area (TPSA) is 96.0 Å². The standard InChI is InChI=1S/C29H41N3O5S/c1-4-27(29(34)30-24-14-7-5-8-15-24)31(22-23-13-11-18-26(21-23)37-2)28(33)19-12-20-32(38(3,35)36)25-16-9-6-10-17-25/h6,9-11,13,16-18,21,24,27H,4-5,7-8,12,14-15,19-20,22H2,1-3H3,(H,30,34)/t27-/m1/s1. The molecule has 8 nitrogen and oxygen atoms in total. The summed E-state index contributed by atoms with van der Waals surface area (Å²) in [6.45, 7) is 2.35. The molecule has 0 heterocycles. The van der Waals surface area contributed by atoms with Gasteiger partial charge in [-0.2, -0.15) is 0 Å². The van der Waals surface area contributed by atoms with Crippen molar-refractivity contribution >= 4 is 27.5 Å². The summed E-state index contributed by atoms with van der Waals surface area (Å²) >= 11 is 0. The molecule has 1 N–H and O–H groups in total. The van der Waals surface area contributed by atoms with E-state index in [-0.39, 0.29) is 37.4 Å². The van der Waals surface area contributed by atoms with E-state index in [1.165, 1.54) is 17.0 Å². The molecule has 208 valence electrons. The summed E-state index contributed by atoms with van der Waals surface area (Å²) in [6, 6.07) is 15.9. The molecule has 1 saturated carbocycles. The van der Waals surface area contributed by atoms with Crippen molar-refractivity contribution in [3.05, 3.63) is 60.2 Å². The molecule has 0 bridgehead atoms. The molecule has 1 fully saturated rings. The van der Waals surface area contributed by atoms with Gasteiger partial charge in [0.1, 0.15) is 11.8 Å². The second-order valence-corrected chi connectivity index (χ2v) is 11.8. The maximum atomic E-state index is 13.6. The summed E-state index contributed by atoms with van der Waals surface area (Å²) in [4.78, 5) is 28.6. The smallest absolute Gasteiger partial charge is 0.243 e. The fourth-order valence-electron chi connectivity index (χ4n) is 5.03. The van der Waals surface area contributed by atoms with Gasteiger partial charge in [0.25, 0.3) is 0 Å². The van der Waals surface area contributed by atoms with Crippen molar-refractivity contribution in [2.75, 3.05) is 24.2 Å². The number of sulfonamides is 1. The highest BCUT2D eigenvalue weighted by Crippen LogP contribution is 2.22. The molecule has 2 amide bonds. The molecule has 0 saturated heterocycles. The Hall–Kier alpha value is -3.07. The van der Waals surface area contributed by atoms with Gasteiger partial charge in [-0.05, 0) is 55.5 Å². The number of carbonyl (C=O) groups excluding carboxylic acids is 2. The first-order valence-electron chi connectivity index (χ1n) is 13.5. The number of rotatable bonds is 13. The molecule has 1 atom stereocenters. The minimum Gasteiger partial charge on any atom is -0.497 e. The maximum Gasteiger partial charge on any atom is 0.243 e. The second kappa shape index (κ2) is 14.2. The van der Waals surface area contributed by atoms with Gasteiger partial charge >= 0.3 is 0 Å². The summed E-state index contributed by atoms with van der Waals surface area (Å²) in [6.07, 6.45) is 7.43.